The number of carboxylic acids is 1. The highest BCUT2D eigenvalue weighted by molar-refractivity contribution is 5.88. The van der Waals surface area contributed by atoms with E-state index in [-0.39, 0.29) is 5.56 Å². The molecular formula is C10H8N2O4. The molecule has 2 aromatic rings. The molecule has 0 bridgehead atoms. The van der Waals surface area contributed by atoms with E-state index in [1.54, 1.807) is 19.1 Å². The Bertz CT molecular complexity index is 530. The molecule has 0 saturated heterocycles. The maximum atomic E-state index is 11.0. The van der Waals surface area contributed by atoms with E-state index in [1.165, 1.54) is 12.1 Å². The standard InChI is InChI=1S/C10H8N2O4/c1-6-9(11-16-12(6)15)7-2-4-8(5-3-7)10(13)14/h2-5H,1H3,(H,13,14). The minimum Gasteiger partial charge on any atom is -0.478 e. The molecule has 6 nitrogen and oxygen atoms in total. The molecule has 82 valence electrons. The first kappa shape index (κ1) is 10.2. The van der Waals surface area contributed by atoms with Crippen LogP contribution >= 0.6 is 0 Å². The van der Waals surface area contributed by atoms with E-state index >= 15 is 0 Å². The van der Waals surface area contributed by atoms with Crippen molar-refractivity contribution in [3.05, 3.63) is 40.7 Å². The third kappa shape index (κ3) is 1.60. The summed E-state index contributed by atoms with van der Waals surface area (Å²) in [4.78, 5) is 10.9. The molecular weight excluding hydrogens is 212 g/mol. The Morgan fingerprint density at radius 2 is 2.06 bits per heavy atom. The van der Waals surface area contributed by atoms with E-state index in [0.717, 1.165) is 0 Å². The molecule has 0 saturated carbocycles. The molecule has 1 N–H and O–H groups in total. The average Bonchev–Trinajstić information content (AvgIpc) is 2.60. The summed E-state index contributed by atoms with van der Waals surface area (Å²) >= 11 is 0. The maximum absolute atomic E-state index is 11.0. The second-order valence-electron chi connectivity index (χ2n) is 3.25. The fraction of sp³-hybridized carbons (Fsp3) is 0.100. The van der Waals surface area contributed by atoms with E-state index < -0.39 is 5.97 Å². The van der Waals surface area contributed by atoms with Crippen LogP contribution in [0, 0.1) is 12.1 Å². The Hall–Kier alpha value is -2.37. The third-order valence-electron chi connectivity index (χ3n) is 2.23. The van der Waals surface area contributed by atoms with E-state index in [0.29, 0.717) is 21.9 Å². The van der Waals surface area contributed by atoms with Gasteiger partial charge in [0.15, 0.2) is 0 Å². The fourth-order valence-electron chi connectivity index (χ4n) is 1.32. The summed E-state index contributed by atoms with van der Waals surface area (Å²) in [5, 5.41) is 23.3. The van der Waals surface area contributed by atoms with Crippen molar-refractivity contribution in [1.29, 1.82) is 0 Å². The Labute approximate surface area is 90.3 Å². The SMILES string of the molecule is Cc1c(-c2ccc(C(=O)O)cc2)no[n+]1[O-]. The molecule has 0 spiro atoms. The monoisotopic (exact) mass is 220 g/mol. The summed E-state index contributed by atoms with van der Waals surface area (Å²) in [5.74, 6) is -0.998. The summed E-state index contributed by atoms with van der Waals surface area (Å²) in [6, 6.07) is 6.05. The number of hydrogen-bond donors (Lipinski definition) is 1. The van der Waals surface area contributed by atoms with Crippen LogP contribution in [0.2, 0.25) is 0 Å². The van der Waals surface area contributed by atoms with Gasteiger partial charge in [0, 0.05) is 17.6 Å². The van der Waals surface area contributed by atoms with Crippen LogP contribution < -0.4 is 4.90 Å². The van der Waals surface area contributed by atoms with Crippen molar-refractivity contribution in [2.24, 2.45) is 0 Å². The number of carbonyl (C=O) groups is 1. The molecule has 0 aliphatic heterocycles. The van der Waals surface area contributed by atoms with Crippen molar-refractivity contribution in [1.82, 2.24) is 5.16 Å². The normalized spacial score (nSPS) is 10.3. The van der Waals surface area contributed by atoms with Crippen LogP contribution in [0.4, 0.5) is 0 Å². The number of aromatic carboxylic acids is 1. The van der Waals surface area contributed by atoms with Gasteiger partial charge in [-0.05, 0) is 29.2 Å². The molecule has 2 rings (SSSR count). The van der Waals surface area contributed by atoms with E-state index in [1.807, 2.05) is 0 Å². The van der Waals surface area contributed by atoms with Crippen molar-refractivity contribution in [2.45, 2.75) is 6.92 Å². The maximum Gasteiger partial charge on any atom is 0.335 e. The molecule has 0 aliphatic rings. The molecule has 6 heteroatoms. The molecule has 1 aromatic carbocycles. The van der Waals surface area contributed by atoms with Crippen molar-refractivity contribution < 1.29 is 19.4 Å². The van der Waals surface area contributed by atoms with Gasteiger partial charge in [-0.3, -0.25) is 4.63 Å². The predicted octanol–water partition coefficient (Wildman–Crippen LogP) is 0.982. The van der Waals surface area contributed by atoms with Gasteiger partial charge in [0.25, 0.3) is 5.69 Å². The zero-order valence-electron chi connectivity index (χ0n) is 8.38. The van der Waals surface area contributed by atoms with Gasteiger partial charge in [0.1, 0.15) is 0 Å². The van der Waals surface area contributed by atoms with Gasteiger partial charge in [-0.25, -0.2) is 4.79 Å². The van der Waals surface area contributed by atoms with Gasteiger partial charge in [-0.2, -0.15) is 0 Å². The van der Waals surface area contributed by atoms with Gasteiger partial charge < -0.3 is 10.3 Å². The first-order chi connectivity index (χ1) is 7.59. The number of nitrogens with zero attached hydrogens (tertiary/aromatic N) is 2. The zero-order valence-corrected chi connectivity index (χ0v) is 8.38. The molecule has 0 amide bonds. The Morgan fingerprint density at radius 1 is 1.44 bits per heavy atom. The van der Waals surface area contributed by atoms with E-state index in [4.69, 9.17) is 5.11 Å². The van der Waals surface area contributed by atoms with Crippen LogP contribution in [0.25, 0.3) is 11.3 Å². The van der Waals surface area contributed by atoms with Gasteiger partial charge in [-0.15, -0.1) is 0 Å². The van der Waals surface area contributed by atoms with E-state index in [2.05, 4.69) is 9.79 Å². The number of benzene rings is 1. The van der Waals surface area contributed by atoms with E-state index in [9.17, 15) is 10.0 Å². The van der Waals surface area contributed by atoms with Crippen LogP contribution in [-0.2, 0) is 0 Å². The first-order valence-corrected chi connectivity index (χ1v) is 4.49. The van der Waals surface area contributed by atoms with Crippen molar-refractivity contribution in [3.8, 4) is 11.3 Å². The zero-order chi connectivity index (χ0) is 11.7. The van der Waals surface area contributed by atoms with Crippen molar-refractivity contribution in [3.63, 3.8) is 0 Å². The van der Waals surface area contributed by atoms with Crippen LogP contribution in [0.1, 0.15) is 16.1 Å². The van der Waals surface area contributed by atoms with Crippen LogP contribution in [0.15, 0.2) is 28.9 Å². The molecule has 0 fully saturated rings. The molecule has 1 heterocycles. The van der Waals surface area contributed by atoms with Crippen molar-refractivity contribution in [2.75, 3.05) is 0 Å². The van der Waals surface area contributed by atoms with Crippen LogP contribution in [0.3, 0.4) is 0 Å². The van der Waals surface area contributed by atoms with Gasteiger partial charge >= 0.3 is 5.97 Å². The number of aromatic nitrogens is 2. The summed E-state index contributed by atoms with van der Waals surface area (Å²) < 4.78 is 4.42. The highest BCUT2D eigenvalue weighted by Crippen LogP contribution is 2.19. The molecule has 16 heavy (non-hydrogen) atoms. The topological polar surface area (TPSA) is 90.3 Å². The highest BCUT2D eigenvalue weighted by Gasteiger charge is 2.16. The minimum absolute atomic E-state index is 0.180. The lowest BCUT2D eigenvalue weighted by molar-refractivity contribution is -0.806. The van der Waals surface area contributed by atoms with Crippen molar-refractivity contribution >= 4 is 5.97 Å². The molecule has 0 unspecified atom stereocenters. The summed E-state index contributed by atoms with van der Waals surface area (Å²) in [5.41, 5.74) is 1.57. The van der Waals surface area contributed by atoms with Gasteiger partial charge in [-0.1, -0.05) is 0 Å². The minimum atomic E-state index is -0.998. The lowest BCUT2D eigenvalue weighted by Gasteiger charge is -1.95. The lowest BCUT2D eigenvalue weighted by Crippen LogP contribution is -2.25. The number of rotatable bonds is 2. The smallest absolute Gasteiger partial charge is 0.335 e. The second-order valence-corrected chi connectivity index (χ2v) is 3.25. The summed E-state index contributed by atoms with van der Waals surface area (Å²) in [6.45, 7) is 1.57. The lowest BCUT2D eigenvalue weighted by atomic mass is 10.1. The first-order valence-electron chi connectivity index (χ1n) is 4.49. The summed E-state index contributed by atoms with van der Waals surface area (Å²) in [6.07, 6.45) is 0. The van der Waals surface area contributed by atoms with Gasteiger partial charge in [0.05, 0.1) is 5.56 Å². The Morgan fingerprint density at radius 3 is 2.50 bits per heavy atom. The highest BCUT2D eigenvalue weighted by atomic mass is 16.8. The summed E-state index contributed by atoms with van der Waals surface area (Å²) in [7, 11) is 0. The van der Waals surface area contributed by atoms with Crippen LogP contribution in [0.5, 0.6) is 0 Å². The quantitative estimate of drug-likeness (QED) is 0.762. The van der Waals surface area contributed by atoms with Crippen LogP contribution in [-0.4, -0.2) is 16.2 Å². The Kier molecular flexibility index (Phi) is 2.32. The molecule has 0 aliphatic carbocycles. The number of hydrogen-bond acceptors (Lipinski definition) is 4. The Balaban J connectivity index is 2.42. The van der Waals surface area contributed by atoms with Gasteiger partial charge in [0.2, 0.25) is 5.69 Å². The average molecular weight is 220 g/mol. The molecule has 0 radical (unpaired) electrons. The predicted molar refractivity (Wildman–Crippen MR) is 52.6 cm³/mol. The molecule has 1 aromatic heterocycles. The number of carboxylic acid groups (broad SMARTS) is 1. The fourth-order valence-corrected chi connectivity index (χ4v) is 1.32. The third-order valence-corrected chi connectivity index (χ3v) is 2.23. The molecule has 0 atom stereocenters. The second kappa shape index (κ2) is 3.65. The largest absolute Gasteiger partial charge is 0.478 e.